The summed E-state index contributed by atoms with van der Waals surface area (Å²) in [7, 11) is 1.87. The van der Waals surface area contributed by atoms with Gasteiger partial charge in [0, 0.05) is 17.2 Å². The van der Waals surface area contributed by atoms with Gasteiger partial charge in [-0.3, -0.25) is 0 Å². The van der Waals surface area contributed by atoms with E-state index in [9.17, 15) is 0 Å². The van der Waals surface area contributed by atoms with Gasteiger partial charge in [0.15, 0.2) is 0 Å². The number of anilines is 1. The summed E-state index contributed by atoms with van der Waals surface area (Å²) in [5.41, 5.74) is 7.98. The fraction of sp³-hybridized carbons (Fsp3) is 0.0833. The first kappa shape index (κ1) is 11.9. The van der Waals surface area contributed by atoms with Gasteiger partial charge in [-0.05, 0) is 18.2 Å². The Kier molecular flexibility index (Phi) is 2.83. The molecule has 0 radical (unpaired) electrons. The molecule has 0 atom stereocenters. The van der Waals surface area contributed by atoms with Gasteiger partial charge in [0.2, 0.25) is 5.82 Å². The SMILES string of the molecule is Cn1cncc1-c1noc(-c2cc(Br)ccc2N)n1. The summed E-state index contributed by atoms with van der Waals surface area (Å²) in [5.74, 6) is 0.865. The molecule has 0 unspecified atom stereocenters. The first-order valence-electron chi connectivity index (χ1n) is 5.51. The molecule has 2 aromatic heterocycles. The number of imidazole rings is 1. The van der Waals surface area contributed by atoms with E-state index >= 15 is 0 Å². The molecule has 0 aliphatic heterocycles. The number of nitrogens with two attached hydrogens (primary N) is 1. The zero-order chi connectivity index (χ0) is 13.4. The van der Waals surface area contributed by atoms with Gasteiger partial charge in [-0.1, -0.05) is 21.1 Å². The lowest BCUT2D eigenvalue weighted by Crippen LogP contribution is -1.92. The predicted octanol–water partition coefficient (Wildman–Crippen LogP) is 2.48. The normalized spacial score (nSPS) is 10.8. The number of nitrogen functional groups attached to an aromatic ring is 1. The van der Waals surface area contributed by atoms with Crippen LogP contribution in [-0.4, -0.2) is 19.7 Å². The molecule has 3 aromatic rings. The number of hydrogen-bond donors (Lipinski definition) is 1. The summed E-state index contributed by atoms with van der Waals surface area (Å²) in [5, 5.41) is 3.95. The smallest absolute Gasteiger partial charge is 0.260 e. The molecule has 96 valence electrons. The Bertz CT molecular complexity index is 733. The van der Waals surface area contributed by atoms with E-state index in [1.807, 2.05) is 23.7 Å². The predicted molar refractivity (Wildman–Crippen MR) is 74.0 cm³/mol. The monoisotopic (exact) mass is 319 g/mol. The van der Waals surface area contributed by atoms with Gasteiger partial charge in [0.1, 0.15) is 5.69 Å². The average Bonchev–Trinajstić information content (AvgIpc) is 3.00. The molecule has 1 aromatic carbocycles. The molecule has 2 heterocycles. The number of hydrogen-bond acceptors (Lipinski definition) is 5. The van der Waals surface area contributed by atoms with E-state index in [-0.39, 0.29) is 0 Å². The maximum atomic E-state index is 5.91. The van der Waals surface area contributed by atoms with Crippen LogP contribution in [0.1, 0.15) is 0 Å². The molecular formula is C12H10BrN5O. The van der Waals surface area contributed by atoms with E-state index in [1.54, 1.807) is 18.6 Å². The number of benzene rings is 1. The van der Waals surface area contributed by atoms with Crippen molar-refractivity contribution in [1.82, 2.24) is 19.7 Å². The van der Waals surface area contributed by atoms with Crippen LogP contribution in [0.2, 0.25) is 0 Å². The Balaban J connectivity index is 2.06. The Hall–Kier alpha value is -2.15. The molecule has 2 N–H and O–H groups in total. The van der Waals surface area contributed by atoms with Crippen molar-refractivity contribution in [3.8, 4) is 23.0 Å². The van der Waals surface area contributed by atoms with Gasteiger partial charge in [0.25, 0.3) is 5.89 Å². The van der Waals surface area contributed by atoms with Gasteiger partial charge in [0.05, 0.1) is 18.1 Å². The molecule has 0 spiro atoms. The Morgan fingerprint density at radius 1 is 1.37 bits per heavy atom. The molecule has 0 saturated carbocycles. The lowest BCUT2D eigenvalue weighted by atomic mass is 10.2. The van der Waals surface area contributed by atoms with E-state index in [4.69, 9.17) is 10.3 Å². The van der Waals surface area contributed by atoms with Gasteiger partial charge in [-0.15, -0.1) is 0 Å². The number of nitrogens with zero attached hydrogens (tertiary/aromatic N) is 4. The van der Waals surface area contributed by atoms with Crippen molar-refractivity contribution < 1.29 is 4.52 Å². The third-order valence-corrected chi connectivity index (χ3v) is 3.21. The van der Waals surface area contributed by atoms with Gasteiger partial charge >= 0.3 is 0 Å². The first-order chi connectivity index (χ1) is 9.15. The van der Waals surface area contributed by atoms with E-state index in [1.165, 1.54) is 0 Å². The highest BCUT2D eigenvalue weighted by Crippen LogP contribution is 2.29. The molecule has 0 fully saturated rings. The fourth-order valence-corrected chi connectivity index (χ4v) is 2.08. The van der Waals surface area contributed by atoms with Crippen molar-refractivity contribution in [3.63, 3.8) is 0 Å². The number of aryl methyl sites for hydroxylation is 1. The number of aromatic nitrogens is 4. The fourth-order valence-electron chi connectivity index (χ4n) is 1.72. The van der Waals surface area contributed by atoms with E-state index in [2.05, 4.69) is 31.1 Å². The van der Waals surface area contributed by atoms with Crippen molar-refractivity contribution in [3.05, 3.63) is 35.2 Å². The molecular weight excluding hydrogens is 310 g/mol. The highest BCUT2D eigenvalue weighted by Gasteiger charge is 2.15. The quantitative estimate of drug-likeness (QED) is 0.734. The summed E-state index contributed by atoms with van der Waals surface area (Å²) in [6.45, 7) is 0. The van der Waals surface area contributed by atoms with Crippen LogP contribution in [-0.2, 0) is 7.05 Å². The summed E-state index contributed by atoms with van der Waals surface area (Å²) >= 11 is 3.39. The van der Waals surface area contributed by atoms with Crippen molar-refractivity contribution in [2.45, 2.75) is 0 Å². The zero-order valence-electron chi connectivity index (χ0n) is 10.0. The van der Waals surface area contributed by atoms with Gasteiger partial charge in [-0.2, -0.15) is 4.98 Å². The third-order valence-electron chi connectivity index (χ3n) is 2.72. The summed E-state index contributed by atoms with van der Waals surface area (Å²) < 4.78 is 7.98. The maximum Gasteiger partial charge on any atom is 0.260 e. The topological polar surface area (TPSA) is 82.8 Å². The average molecular weight is 320 g/mol. The Labute approximate surface area is 117 Å². The third kappa shape index (κ3) is 2.12. The van der Waals surface area contributed by atoms with Crippen LogP contribution in [0.5, 0.6) is 0 Å². The standard InChI is InChI=1S/C12H10BrN5O/c1-18-6-15-5-10(18)11-16-12(19-17-11)8-4-7(13)2-3-9(8)14/h2-6H,14H2,1H3. The first-order valence-corrected chi connectivity index (χ1v) is 6.30. The minimum absolute atomic E-state index is 0.384. The zero-order valence-corrected chi connectivity index (χ0v) is 11.6. The molecule has 0 amide bonds. The van der Waals surface area contributed by atoms with Crippen molar-refractivity contribution in [2.24, 2.45) is 7.05 Å². The minimum atomic E-state index is 0.384. The van der Waals surface area contributed by atoms with E-state index in [0.29, 0.717) is 23.0 Å². The molecule has 6 nitrogen and oxygen atoms in total. The number of rotatable bonds is 2. The maximum absolute atomic E-state index is 5.91. The Morgan fingerprint density at radius 2 is 2.21 bits per heavy atom. The second kappa shape index (κ2) is 4.51. The summed E-state index contributed by atoms with van der Waals surface area (Å²) in [6, 6.07) is 5.49. The largest absolute Gasteiger partial charge is 0.398 e. The molecule has 0 aliphatic carbocycles. The number of halogens is 1. The molecule has 0 bridgehead atoms. The van der Waals surface area contributed by atoms with Crippen LogP contribution < -0.4 is 5.73 Å². The second-order valence-corrected chi connectivity index (χ2v) is 4.96. The van der Waals surface area contributed by atoms with Gasteiger partial charge < -0.3 is 14.8 Å². The minimum Gasteiger partial charge on any atom is -0.398 e. The van der Waals surface area contributed by atoms with Crippen molar-refractivity contribution >= 4 is 21.6 Å². The van der Waals surface area contributed by atoms with Crippen LogP contribution in [0, 0.1) is 0 Å². The van der Waals surface area contributed by atoms with Crippen molar-refractivity contribution in [2.75, 3.05) is 5.73 Å². The summed E-state index contributed by atoms with van der Waals surface area (Å²) in [4.78, 5) is 8.37. The molecule has 0 aliphatic rings. The van der Waals surface area contributed by atoms with Crippen molar-refractivity contribution in [1.29, 1.82) is 0 Å². The molecule has 0 saturated heterocycles. The lowest BCUT2D eigenvalue weighted by molar-refractivity contribution is 0.432. The van der Waals surface area contributed by atoms with Crippen LogP contribution in [0.4, 0.5) is 5.69 Å². The summed E-state index contributed by atoms with van der Waals surface area (Å²) in [6.07, 6.45) is 3.36. The molecule has 7 heteroatoms. The highest BCUT2D eigenvalue weighted by molar-refractivity contribution is 9.10. The second-order valence-electron chi connectivity index (χ2n) is 4.04. The van der Waals surface area contributed by atoms with Gasteiger partial charge in [-0.25, -0.2) is 4.98 Å². The van der Waals surface area contributed by atoms with E-state index in [0.717, 1.165) is 10.2 Å². The molecule has 3 rings (SSSR count). The molecule has 19 heavy (non-hydrogen) atoms. The van der Waals surface area contributed by atoms with Crippen LogP contribution >= 0.6 is 15.9 Å². The van der Waals surface area contributed by atoms with E-state index < -0.39 is 0 Å². The lowest BCUT2D eigenvalue weighted by Gasteiger charge is -2.00. The van der Waals surface area contributed by atoms with Crippen LogP contribution in [0.25, 0.3) is 23.0 Å². The highest BCUT2D eigenvalue weighted by atomic mass is 79.9. The van der Waals surface area contributed by atoms with Crippen LogP contribution in [0.15, 0.2) is 39.7 Å². The Morgan fingerprint density at radius 3 is 2.95 bits per heavy atom. The van der Waals surface area contributed by atoms with Crippen LogP contribution in [0.3, 0.4) is 0 Å².